The first-order valence-electron chi connectivity index (χ1n) is 11.4. The molecular weight excluding hydrogens is 464 g/mol. The third-order valence-corrected chi connectivity index (χ3v) is 8.23. The van der Waals surface area contributed by atoms with Crippen molar-refractivity contribution in [3.05, 3.63) is 63.8 Å². The molecule has 1 saturated heterocycles. The number of piperidine rings is 1. The van der Waals surface area contributed by atoms with E-state index in [1.54, 1.807) is 19.2 Å². The Hall–Kier alpha value is -3.64. The summed E-state index contributed by atoms with van der Waals surface area (Å²) in [5.41, 5.74) is 3.10. The van der Waals surface area contributed by atoms with Gasteiger partial charge in [0.2, 0.25) is 5.89 Å². The van der Waals surface area contributed by atoms with E-state index in [-0.39, 0.29) is 15.9 Å². The minimum Gasteiger partial charge on any atom is -0.440 e. The zero-order chi connectivity index (χ0) is 25.1. The average molecular weight is 491 g/mol. The van der Waals surface area contributed by atoms with Crippen LogP contribution in [0.5, 0.6) is 0 Å². The first-order valence-corrected chi connectivity index (χ1v) is 13.3. The van der Waals surface area contributed by atoms with Crippen molar-refractivity contribution >= 4 is 37.5 Å². The van der Waals surface area contributed by atoms with Gasteiger partial charge < -0.3 is 13.9 Å². The van der Waals surface area contributed by atoms with E-state index < -0.39 is 15.4 Å². The van der Waals surface area contributed by atoms with Gasteiger partial charge in [0.05, 0.1) is 16.1 Å². The molecule has 4 aromatic rings. The molecule has 0 aliphatic carbocycles. The summed E-state index contributed by atoms with van der Waals surface area (Å²) in [6.07, 6.45) is 2.55. The lowest BCUT2D eigenvalue weighted by atomic mass is 9.80. The molecule has 1 aliphatic heterocycles. The zero-order valence-electron chi connectivity index (χ0n) is 20.1. The molecular formula is C26H26N4O4S. The molecule has 0 radical (unpaired) electrons. The van der Waals surface area contributed by atoms with Crippen molar-refractivity contribution in [1.82, 2.24) is 9.55 Å². The maximum Gasteiger partial charge on any atom is 0.270 e. The maximum absolute atomic E-state index is 13.0. The van der Waals surface area contributed by atoms with Crippen molar-refractivity contribution in [3.8, 4) is 6.07 Å². The molecule has 0 bridgehead atoms. The Morgan fingerprint density at radius 2 is 1.86 bits per heavy atom. The topological polar surface area (TPSA) is 109 Å². The summed E-state index contributed by atoms with van der Waals surface area (Å²) in [6, 6.07) is 12.7. The Bertz CT molecular complexity index is 1700. The lowest BCUT2D eigenvalue weighted by Crippen LogP contribution is -2.42. The van der Waals surface area contributed by atoms with Crippen LogP contribution in [0.1, 0.15) is 36.8 Å². The van der Waals surface area contributed by atoms with Crippen LogP contribution in [0, 0.1) is 18.3 Å². The molecule has 5 rings (SSSR count). The number of fused-ring (bicyclic) bond motifs is 2. The third-order valence-electron chi connectivity index (χ3n) is 7.12. The molecule has 0 amide bonds. The highest BCUT2D eigenvalue weighted by Crippen LogP contribution is 2.39. The second-order valence-corrected chi connectivity index (χ2v) is 11.7. The standard InChI is InChI=1S/C26H26N4O4S/c1-16-5-8-22-20(13-16)28-25(34-22)26(2)9-11-30(12-10-26)23-18-14-17(35(4,32)33)6-7-21(18)29(3)24(31)19(23)15-27/h5-8,13-14H,9-12H2,1-4H3. The van der Waals surface area contributed by atoms with E-state index in [1.807, 2.05) is 30.0 Å². The molecule has 8 nitrogen and oxygen atoms in total. The number of oxazole rings is 1. The smallest absolute Gasteiger partial charge is 0.270 e. The van der Waals surface area contributed by atoms with E-state index >= 15 is 0 Å². The van der Waals surface area contributed by atoms with Crippen LogP contribution < -0.4 is 10.5 Å². The predicted molar refractivity (Wildman–Crippen MR) is 135 cm³/mol. The van der Waals surface area contributed by atoms with Gasteiger partial charge in [0.15, 0.2) is 15.4 Å². The highest BCUT2D eigenvalue weighted by Gasteiger charge is 2.37. The van der Waals surface area contributed by atoms with E-state index in [0.29, 0.717) is 48.4 Å². The molecule has 180 valence electrons. The first-order chi connectivity index (χ1) is 16.5. The van der Waals surface area contributed by atoms with Gasteiger partial charge in [0, 0.05) is 37.2 Å². The van der Waals surface area contributed by atoms with E-state index in [9.17, 15) is 18.5 Å². The van der Waals surface area contributed by atoms with Crippen LogP contribution in [0.25, 0.3) is 22.0 Å². The quantitative estimate of drug-likeness (QED) is 0.429. The van der Waals surface area contributed by atoms with Crippen LogP contribution in [0.2, 0.25) is 0 Å². The molecule has 35 heavy (non-hydrogen) atoms. The van der Waals surface area contributed by atoms with Crippen LogP contribution in [0.4, 0.5) is 5.69 Å². The van der Waals surface area contributed by atoms with Crippen molar-refractivity contribution in [3.63, 3.8) is 0 Å². The number of pyridine rings is 1. The second-order valence-electron chi connectivity index (χ2n) is 9.69. The maximum atomic E-state index is 13.0. The molecule has 2 aromatic heterocycles. The van der Waals surface area contributed by atoms with Gasteiger partial charge in [-0.25, -0.2) is 13.4 Å². The number of benzene rings is 2. The SMILES string of the molecule is Cc1ccc2oc(C3(C)CCN(c4c(C#N)c(=O)n(C)c5ccc(S(C)(=O)=O)cc45)CC3)nc2c1. The van der Waals surface area contributed by atoms with Crippen molar-refractivity contribution in [2.24, 2.45) is 7.05 Å². The molecule has 1 aliphatic rings. The molecule has 1 fully saturated rings. The molecule has 3 heterocycles. The van der Waals surface area contributed by atoms with Crippen LogP contribution in [-0.4, -0.2) is 37.3 Å². The van der Waals surface area contributed by atoms with Gasteiger partial charge in [-0.3, -0.25) is 4.79 Å². The monoisotopic (exact) mass is 490 g/mol. The van der Waals surface area contributed by atoms with Crippen LogP contribution >= 0.6 is 0 Å². The molecule has 0 N–H and O–H groups in total. The van der Waals surface area contributed by atoms with Crippen molar-refractivity contribution < 1.29 is 12.8 Å². The van der Waals surface area contributed by atoms with Gasteiger partial charge in [-0.05, 0) is 55.7 Å². The number of rotatable bonds is 3. The number of anilines is 1. The number of hydrogen-bond donors (Lipinski definition) is 0. The fourth-order valence-electron chi connectivity index (χ4n) is 4.90. The Labute approximate surface area is 203 Å². The summed E-state index contributed by atoms with van der Waals surface area (Å²) in [7, 11) is -1.87. The number of aryl methyl sites for hydroxylation is 2. The lowest BCUT2D eigenvalue weighted by Gasteiger charge is -2.39. The van der Waals surface area contributed by atoms with Crippen LogP contribution in [0.15, 0.2) is 50.5 Å². The Morgan fingerprint density at radius 1 is 1.14 bits per heavy atom. The van der Waals surface area contributed by atoms with Gasteiger partial charge in [-0.1, -0.05) is 13.0 Å². The average Bonchev–Trinajstić information content (AvgIpc) is 3.25. The van der Waals surface area contributed by atoms with E-state index in [4.69, 9.17) is 9.40 Å². The second kappa shape index (κ2) is 7.95. The number of hydrogen-bond acceptors (Lipinski definition) is 7. The first kappa shape index (κ1) is 23.1. The van der Waals surface area contributed by atoms with Gasteiger partial charge >= 0.3 is 0 Å². The fraction of sp³-hybridized carbons (Fsp3) is 0.346. The summed E-state index contributed by atoms with van der Waals surface area (Å²) < 4.78 is 32.0. The molecule has 2 aromatic carbocycles. The summed E-state index contributed by atoms with van der Waals surface area (Å²) in [6.45, 7) is 5.27. The van der Waals surface area contributed by atoms with Crippen LogP contribution in [0.3, 0.4) is 0 Å². The summed E-state index contributed by atoms with van der Waals surface area (Å²) in [5, 5.41) is 10.5. The fourth-order valence-corrected chi connectivity index (χ4v) is 5.55. The molecule has 0 saturated carbocycles. The lowest BCUT2D eigenvalue weighted by molar-refractivity contribution is 0.292. The van der Waals surface area contributed by atoms with Crippen molar-refractivity contribution in [1.29, 1.82) is 5.26 Å². The van der Waals surface area contributed by atoms with Crippen LogP contribution in [-0.2, 0) is 22.3 Å². The minimum absolute atomic E-state index is 0.0200. The Kier molecular flexibility index (Phi) is 5.25. The predicted octanol–water partition coefficient (Wildman–Crippen LogP) is 3.82. The largest absolute Gasteiger partial charge is 0.440 e. The van der Waals surface area contributed by atoms with E-state index in [2.05, 4.69) is 13.0 Å². The highest BCUT2D eigenvalue weighted by molar-refractivity contribution is 7.90. The zero-order valence-corrected chi connectivity index (χ0v) is 20.9. The third kappa shape index (κ3) is 3.78. The number of aromatic nitrogens is 2. The van der Waals surface area contributed by atoms with E-state index in [0.717, 1.165) is 22.9 Å². The Morgan fingerprint density at radius 3 is 2.51 bits per heavy atom. The minimum atomic E-state index is -3.46. The number of sulfone groups is 1. The summed E-state index contributed by atoms with van der Waals surface area (Å²) in [5.74, 6) is 0.687. The highest BCUT2D eigenvalue weighted by atomic mass is 32.2. The van der Waals surface area contributed by atoms with Gasteiger partial charge in [-0.2, -0.15) is 5.26 Å². The van der Waals surface area contributed by atoms with Crippen molar-refractivity contribution in [2.75, 3.05) is 24.2 Å². The molecule has 0 unspecified atom stereocenters. The summed E-state index contributed by atoms with van der Waals surface area (Å²) >= 11 is 0. The van der Waals surface area contributed by atoms with E-state index in [1.165, 1.54) is 10.6 Å². The van der Waals surface area contributed by atoms with Gasteiger partial charge in [0.25, 0.3) is 5.56 Å². The normalized spacial score (nSPS) is 16.0. The van der Waals surface area contributed by atoms with Gasteiger partial charge in [0.1, 0.15) is 17.1 Å². The Balaban J connectivity index is 1.57. The summed E-state index contributed by atoms with van der Waals surface area (Å²) in [4.78, 5) is 19.9. The van der Waals surface area contributed by atoms with Crippen molar-refractivity contribution in [2.45, 2.75) is 37.0 Å². The molecule has 9 heteroatoms. The number of nitriles is 1. The molecule has 0 atom stereocenters. The van der Waals surface area contributed by atoms with Gasteiger partial charge in [-0.15, -0.1) is 0 Å². The molecule has 0 spiro atoms. The number of nitrogens with zero attached hydrogens (tertiary/aromatic N) is 4.